The van der Waals surface area contributed by atoms with E-state index in [1.54, 1.807) is 0 Å². The van der Waals surface area contributed by atoms with Crippen LogP contribution in [0.5, 0.6) is 0 Å². The van der Waals surface area contributed by atoms with Gasteiger partial charge in [-0.2, -0.15) is 0 Å². The zero-order valence-corrected chi connectivity index (χ0v) is 8.42. The van der Waals surface area contributed by atoms with Gasteiger partial charge in [-0.05, 0) is 0 Å². The Morgan fingerprint density at radius 2 is 1.94 bits per heavy atom. The van der Waals surface area contributed by atoms with Crippen LogP contribution in [-0.2, 0) is 14.4 Å². The fraction of sp³-hybridized carbons (Fsp3) is 0.444. The van der Waals surface area contributed by atoms with E-state index in [1.165, 1.54) is 0 Å². The molecule has 0 saturated carbocycles. The van der Waals surface area contributed by atoms with E-state index in [4.69, 9.17) is 10.2 Å². The molecule has 1 unspecified atom stereocenters. The number of carbonyl (C=O) groups excluding carboxylic acids is 3. The molecule has 0 spiro atoms. The van der Waals surface area contributed by atoms with Gasteiger partial charge in [0.2, 0.25) is 5.91 Å². The van der Waals surface area contributed by atoms with Crippen molar-refractivity contribution in [2.24, 2.45) is 0 Å². The Balaban J connectivity index is 2.32. The number of hydrogen-bond acceptors (Lipinski definition) is 5. The fourth-order valence-electron chi connectivity index (χ4n) is 1.17. The minimum atomic E-state index is -1.32. The third-order valence-corrected chi connectivity index (χ3v) is 1.96. The van der Waals surface area contributed by atoms with Gasteiger partial charge < -0.3 is 15.5 Å². The third kappa shape index (κ3) is 3.14. The second-order valence-corrected chi connectivity index (χ2v) is 3.18. The highest BCUT2D eigenvalue weighted by Gasteiger charge is 2.23. The number of nitrogens with zero attached hydrogens (tertiary/aromatic N) is 1. The molecule has 0 saturated heterocycles. The molecule has 1 heterocycles. The van der Waals surface area contributed by atoms with Crippen molar-refractivity contribution < 1.29 is 24.6 Å². The Labute approximate surface area is 91.3 Å². The molecule has 7 nitrogen and oxygen atoms in total. The zero-order valence-electron chi connectivity index (χ0n) is 8.42. The van der Waals surface area contributed by atoms with E-state index in [9.17, 15) is 14.4 Å². The Morgan fingerprint density at radius 1 is 1.38 bits per heavy atom. The minimum Gasteiger partial charge on any atom is -0.392 e. The summed E-state index contributed by atoms with van der Waals surface area (Å²) >= 11 is 0. The second-order valence-electron chi connectivity index (χ2n) is 3.18. The van der Waals surface area contributed by atoms with Gasteiger partial charge in [0.1, 0.15) is 6.23 Å². The summed E-state index contributed by atoms with van der Waals surface area (Å²) in [6, 6.07) is 0. The van der Waals surface area contributed by atoms with Crippen molar-refractivity contribution in [3.63, 3.8) is 0 Å². The number of hydrogen-bond donors (Lipinski definition) is 3. The highest BCUT2D eigenvalue weighted by Crippen LogP contribution is 2.03. The van der Waals surface area contributed by atoms with Crippen molar-refractivity contribution in [2.75, 3.05) is 13.2 Å². The van der Waals surface area contributed by atoms with Gasteiger partial charge in [-0.3, -0.25) is 19.3 Å². The van der Waals surface area contributed by atoms with Gasteiger partial charge >= 0.3 is 0 Å². The van der Waals surface area contributed by atoms with Gasteiger partial charge in [-0.1, -0.05) is 0 Å². The van der Waals surface area contributed by atoms with Crippen LogP contribution in [0.1, 0.15) is 6.42 Å². The molecular weight excluding hydrogens is 216 g/mol. The molecule has 0 aromatic carbocycles. The van der Waals surface area contributed by atoms with Crippen LogP contribution in [-0.4, -0.2) is 52.2 Å². The van der Waals surface area contributed by atoms with Gasteiger partial charge in [0, 0.05) is 25.1 Å². The summed E-state index contributed by atoms with van der Waals surface area (Å²) in [5, 5.41) is 19.4. The van der Waals surface area contributed by atoms with E-state index >= 15 is 0 Å². The molecule has 1 rings (SSSR count). The standard InChI is InChI=1S/C9H12N2O5/c12-5-7(14)10-6(13)3-4-11-8(15)1-2-9(11)16/h1-2,7,12,14H,3-5H2,(H,10,13). The van der Waals surface area contributed by atoms with Gasteiger partial charge in [0.15, 0.2) is 0 Å². The maximum atomic E-state index is 11.1. The smallest absolute Gasteiger partial charge is 0.253 e. The number of aliphatic hydroxyl groups excluding tert-OH is 2. The average molecular weight is 228 g/mol. The summed E-state index contributed by atoms with van der Waals surface area (Å²) in [6.45, 7) is -0.635. The van der Waals surface area contributed by atoms with Crippen molar-refractivity contribution in [3.05, 3.63) is 12.2 Å². The van der Waals surface area contributed by atoms with Crippen LogP contribution >= 0.6 is 0 Å². The molecule has 3 amide bonds. The minimum absolute atomic E-state index is 0.0470. The Bertz CT molecular complexity index is 321. The summed E-state index contributed by atoms with van der Waals surface area (Å²) < 4.78 is 0. The number of amides is 3. The van der Waals surface area contributed by atoms with E-state index < -0.39 is 30.6 Å². The predicted octanol–water partition coefficient (Wildman–Crippen LogP) is -2.27. The summed E-state index contributed by atoms with van der Waals surface area (Å²) in [5.74, 6) is -1.46. The first-order valence-corrected chi connectivity index (χ1v) is 4.66. The lowest BCUT2D eigenvalue weighted by Crippen LogP contribution is -2.40. The lowest BCUT2D eigenvalue weighted by Gasteiger charge is -2.14. The molecule has 0 aromatic heterocycles. The molecule has 0 aliphatic carbocycles. The Morgan fingerprint density at radius 3 is 2.44 bits per heavy atom. The predicted molar refractivity (Wildman–Crippen MR) is 51.7 cm³/mol. The molecular formula is C9H12N2O5. The van der Waals surface area contributed by atoms with Crippen LogP contribution in [0.25, 0.3) is 0 Å². The average Bonchev–Trinajstić information content (AvgIpc) is 2.56. The molecule has 16 heavy (non-hydrogen) atoms. The molecule has 0 aromatic rings. The highest BCUT2D eigenvalue weighted by atomic mass is 16.3. The van der Waals surface area contributed by atoms with Crippen molar-refractivity contribution in [3.8, 4) is 0 Å². The SMILES string of the molecule is O=C(CCN1C(=O)C=CC1=O)NC(O)CO. The highest BCUT2D eigenvalue weighted by molar-refractivity contribution is 6.13. The molecule has 1 aliphatic rings. The summed E-state index contributed by atoms with van der Waals surface area (Å²) in [5.41, 5.74) is 0. The fourth-order valence-corrected chi connectivity index (χ4v) is 1.17. The molecule has 88 valence electrons. The quantitative estimate of drug-likeness (QED) is 0.363. The third-order valence-electron chi connectivity index (χ3n) is 1.96. The first-order chi connectivity index (χ1) is 7.54. The summed E-state index contributed by atoms with van der Waals surface area (Å²) in [7, 11) is 0. The monoisotopic (exact) mass is 228 g/mol. The molecule has 1 aliphatic heterocycles. The second kappa shape index (κ2) is 5.38. The maximum Gasteiger partial charge on any atom is 0.253 e. The number of imide groups is 1. The molecule has 0 bridgehead atoms. The molecule has 7 heteroatoms. The molecule has 0 radical (unpaired) electrons. The maximum absolute atomic E-state index is 11.1. The van der Waals surface area contributed by atoms with E-state index in [2.05, 4.69) is 5.32 Å². The number of aliphatic hydroxyl groups is 2. The molecule has 3 N–H and O–H groups in total. The Kier molecular flexibility index (Phi) is 4.15. The van der Waals surface area contributed by atoms with Crippen LogP contribution in [0.15, 0.2) is 12.2 Å². The van der Waals surface area contributed by atoms with Crippen molar-refractivity contribution in [1.29, 1.82) is 0 Å². The van der Waals surface area contributed by atoms with Crippen LogP contribution in [0, 0.1) is 0 Å². The van der Waals surface area contributed by atoms with E-state index in [0.29, 0.717) is 0 Å². The van der Waals surface area contributed by atoms with Crippen molar-refractivity contribution in [2.45, 2.75) is 12.6 Å². The number of nitrogens with one attached hydrogen (secondary N) is 1. The van der Waals surface area contributed by atoms with Crippen molar-refractivity contribution in [1.82, 2.24) is 10.2 Å². The first kappa shape index (κ1) is 12.3. The summed E-state index contributed by atoms with van der Waals surface area (Å²) in [6.07, 6.45) is 0.817. The van der Waals surface area contributed by atoms with E-state index in [1.807, 2.05) is 0 Å². The van der Waals surface area contributed by atoms with E-state index in [0.717, 1.165) is 17.1 Å². The number of carbonyl (C=O) groups is 3. The van der Waals surface area contributed by atoms with Gasteiger partial charge in [-0.15, -0.1) is 0 Å². The van der Waals surface area contributed by atoms with Crippen LogP contribution in [0.4, 0.5) is 0 Å². The van der Waals surface area contributed by atoms with Crippen LogP contribution in [0.3, 0.4) is 0 Å². The Hall–Kier alpha value is -1.73. The first-order valence-electron chi connectivity index (χ1n) is 4.66. The van der Waals surface area contributed by atoms with Gasteiger partial charge in [-0.25, -0.2) is 0 Å². The number of rotatable bonds is 5. The molecule has 0 fully saturated rings. The van der Waals surface area contributed by atoms with Crippen molar-refractivity contribution >= 4 is 17.7 Å². The molecule has 1 atom stereocenters. The topological polar surface area (TPSA) is 107 Å². The van der Waals surface area contributed by atoms with Gasteiger partial charge in [0.25, 0.3) is 11.8 Å². The van der Waals surface area contributed by atoms with Gasteiger partial charge in [0.05, 0.1) is 6.61 Å². The van der Waals surface area contributed by atoms with Crippen LogP contribution < -0.4 is 5.32 Å². The lowest BCUT2D eigenvalue weighted by molar-refractivity contribution is -0.137. The normalized spacial score (nSPS) is 16.8. The lowest BCUT2D eigenvalue weighted by atomic mass is 10.3. The summed E-state index contributed by atoms with van der Waals surface area (Å²) in [4.78, 5) is 34.2. The van der Waals surface area contributed by atoms with Crippen LogP contribution in [0.2, 0.25) is 0 Å². The van der Waals surface area contributed by atoms with E-state index in [-0.39, 0.29) is 13.0 Å². The largest absolute Gasteiger partial charge is 0.392 e. The zero-order chi connectivity index (χ0) is 12.1.